The van der Waals surface area contributed by atoms with Crippen LogP contribution in [0.1, 0.15) is 31.9 Å². The first-order chi connectivity index (χ1) is 10.6. The van der Waals surface area contributed by atoms with Crippen LogP contribution in [0.5, 0.6) is 0 Å². The molecule has 0 unspecified atom stereocenters. The molecule has 128 valence electrons. The molecule has 7 nitrogen and oxygen atoms in total. The minimum atomic E-state index is -3.56. The molecule has 1 atom stereocenters. The molecule has 2 aromatic heterocycles. The number of hydrogen-bond donors (Lipinski definition) is 2. The lowest BCUT2D eigenvalue weighted by Crippen LogP contribution is -2.30. The zero-order valence-corrected chi connectivity index (χ0v) is 14.5. The molecular formula is C14H21ClN4O3S. The molecule has 23 heavy (non-hydrogen) atoms. The minimum Gasteiger partial charge on any atom is -0.336 e. The summed E-state index contributed by atoms with van der Waals surface area (Å²) in [6.07, 6.45) is 5.03. The fraction of sp³-hybridized carbons (Fsp3) is 0.571. The van der Waals surface area contributed by atoms with Crippen molar-refractivity contribution in [2.45, 2.75) is 43.5 Å². The molecule has 1 aliphatic rings. The number of fused-ring (bicyclic) bond motifs is 1. The third kappa shape index (κ3) is 4.00. The molecule has 0 amide bonds. The second-order valence-corrected chi connectivity index (χ2v) is 7.25. The summed E-state index contributed by atoms with van der Waals surface area (Å²) in [5.41, 5.74) is 1.08. The third-order valence-corrected chi connectivity index (χ3v) is 5.40. The second kappa shape index (κ2) is 7.57. The van der Waals surface area contributed by atoms with Crippen molar-refractivity contribution in [3.05, 3.63) is 18.0 Å². The average Bonchev–Trinajstić information content (AvgIpc) is 3.15. The van der Waals surface area contributed by atoms with E-state index in [1.807, 2.05) is 6.92 Å². The Labute approximate surface area is 141 Å². The molecule has 0 spiro atoms. The molecular weight excluding hydrogens is 340 g/mol. The van der Waals surface area contributed by atoms with Gasteiger partial charge in [0, 0.05) is 12.6 Å². The molecule has 1 saturated heterocycles. The van der Waals surface area contributed by atoms with Gasteiger partial charge in [-0.15, -0.1) is 12.4 Å². The van der Waals surface area contributed by atoms with Gasteiger partial charge in [0.1, 0.15) is 4.90 Å². The SMILES string of the molecule is CCc1noc2ncc(S(=O)(=O)NCC[C@H]3CCCN3)cc12.Cl. The first-order valence-electron chi connectivity index (χ1n) is 7.57. The number of sulfonamides is 1. The third-order valence-electron chi connectivity index (χ3n) is 3.97. The summed E-state index contributed by atoms with van der Waals surface area (Å²) >= 11 is 0. The topological polar surface area (TPSA) is 97.1 Å². The number of aryl methyl sites for hydroxylation is 1. The zero-order valence-electron chi connectivity index (χ0n) is 12.9. The van der Waals surface area contributed by atoms with Crippen molar-refractivity contribution in [3.63, 3.8) is 0 Å². The van der Waals surface area contributed by atoms with Crippen LogP contribution in [0.4, 0.5) is 0 Å². The van der Waals surface area contributed by atoms with E-state index < -0.39 is 10.0 Å². The van der Waals surface area contributed by atoms with E-state index in [1.54, 1.807) is 6.07 Å². The van der Waals surface area contributed by atoms with Crippen LogP contribution in [0.15, 0.2) is 21.7 Å². The normalized spacial score (nSPS) is 18.2. The highest BCUT2D eigenvalue weighted by molar-refractivity contribution is 7.89. The van der Waals surface area contributed by atoms with Crippen molar-refractivity contribution in [1.82, 2.24) is 20.2 Å². The van der Waals surface area contributed by atoms with Gasteiger partial charge >= 0.3 is 0 Å². The molecule has 0 bridgehead atoms. The van der Waals surface area contributed by atoms with Gasteiger partial charge < -0.3 is 9.84 Å². The predicted octanol–water partition coefficient (Wildman–Crippen LogP) is 1.63. The highest BCUT2D eigenvalue weighted by atomic mass is 35.5. The maximum Gasteiger partial charge on any atom is 0.258 e. The highest BCUT2D eigenvalue weighted by Gasteiger charge is 2.19. The standard InChI is InChI=1S/C14H20N4O3S.ClH/c1-2-13-12-8-11(9-16-14(12)21-18-13)22(19,20)17-7-5-10-4-3-6-15-10;/h8-10,15,17H,2-7H2,1H3;1H/t10-;/m1./s1. The monoisotopic (exact) mass is 360 g/mol. The van der Waals surface area contributed by atoms with Crippen LogP contribution >= 0.6 is 12.4 Å². The van der Waals surface area contributed by atoms with Gasteiger partial charge in [0.25, 0.3) is 5.71 Å². The second-order valence-electron chi connectivity index (χ2n) is 5.49. The van der Waals surface area contributed by atoms with Crippen LogP contribution in [-0.2, 0) is 16.4 Å². The predicted molar refractivity (Wildman–Crippen MR) is 89.3 cm³/mol. The summed E-state index contributed by atoms with van der Waals surface area (Å²) in [6, 6.07) is 1.99. The lowest BCUT2D eigenvalue weighted by atomic mass is 10.2. The number of halogens is 1. The van der Waals surface area contributed by atoms with Crippen LogP contribution < -0.4 is 10.0 Å². The van der Waals surface area contributed by atoms with Gasteiger partial charge in [-0.1, -0.05) is 12.1 Å². The molecule has 3 heterocycles. The number of aromatic nitrogens is 2. The molecule has 0 aliphatic carbocycles. The summed E-state index contributed by atoms with van der Waals surface area (Å²) in [5.74, 6) is 0. The van der Waals surface area contributed by atoms with Crippen LogP contribution in [0, 0.1) is 0 Å². The van der Waals surface area contributed by atoms with Gasteiger partial charge in [0.05, 0.1) is 17.3 Å². The van der Waals surface area contributed by atoms with Crippen molar-refractivity contribution in [1.29, 1.82) is 0 Å². The summed E-state index contributed by atoms with van der Waals surface area (Å²) in [6.45, 7) is 3.37. The molecule has 1 fully saturated rings. The van der Waals surface area contributed by atoms with Gasteiger partial charge in [0.2, 0.25) is 10.0 Å². The minimum absolute atomic E-state index is 0. The lowest BCUT2D eigenvalue weighted by Gasteiger charge is -2.11. The number of rotatable bonds is 6. The quantitative estimate of drug-likeness (QED) is 0.812. The van der Waals surface area contributed by atoms with E-state index in [1.165, 1.54) is 6.20 Å². The first kappa shape index (κ1) is 18.1. The van der Waals surface area contributed by atoms with E-state index >= 15 is 0 Å². The highest BCUT2D eigenvalue weighted by Crippen LogP contribution is 2.20. The van der Waals surface area contributed by atoms with Crippen molar-refractivity contribution in [2.75, 3.05) is 13.1 Å². The van der Waals surface area contributed by atoms with Crippen LogP contribution in [0.2, 0.25) is 0 Å². The molecule has 2 aromatic rings. The van der Waals surface area contributed by atoms with E-state index in [9.17, 15) is 8.42 Å². The van der Waals surface area contributed by atoms with E-state index in [0.717, 1.165) is 31.5 Å². The Bertz CT molecular complexity index is 756. The fourth-order valence-electron chi connectivity index (χ4n) is 2.72. The summed E-state index contributed by atoms with van der Waals surface area (Å²) in [7, 11) is -3.56. The Morgan fingerprint density at radius 2 is 2.30 bits per heavy atom. The summed E-state index contributed by atoms with van der Waals surface area (Å²) < 4.78 is 32.4. The fourth-order valence-corrected chi connectivity index (χ4v) is 3.73. The maximum atomic E-state index is 12.3. The van der Waals surface area contributed by atoms with Crippen molar-refractivity contribution in [3.8, 4) is 0 Å². The van der Waals surface area contributed by atoms with Gasteiger partial charge in [-0.25, -0.2) is 18.1 Å². The zero-order chi connectivity index (χ0) is 15.6. The molecule has 0 saturated carbocycles. The smallest absolute Gasteiger partial charge is 0.258 e. The van der Waals surface area contributed by atoms with Gasteiger partial charge in [-0.3, -0.25) is 0 Å². The van der Waals surface area contributed by atoms with E-state index in [4.69, 9.17) is 4.52 Å². The lowest BCUT2D eigenvalue weighted by molar-refractivity contribution is 0.439. The van der Waals surface area contributed by atoms with Crippen molar-refractivity contribution < 1.29 is 12.9 Å². The van der Waals surface area contributed by atoms with Crippen LogP contribution in [0.3, 0.4) is 0 Å². The number of hydrogen-bond acceptors (Lipinski definition) is 6. The summed E-state index contributed by atoms with van der Waals surface area (Å²) in [4.78, 5) is 4.19. The number of nitrogens with zero attached hydrogens (tertiary/aromatic N) is 2. The van der Waals surface area contributed by atoms with Crippen molar-refractivity contribution >= 4 is 33.5 Å². The molecule has 1 aliphatic heterocycles. The van der Waals surface area contributed by atoms with Gasteiger partial charge in [-0.2, -0.15) is 0 Å². The molecule has 9 heteroatoms. The number of nitrogens with one attached hydrogen (secondary N) is 2. The van der Waals surface area contributed by atoms with E-state index in [-0.39, 0.29) is 17.3 Å². The van der Waals surface area contributed by atoms with Crippen LogP contribution in [-0.4, -0.2) is 37.7 Å². The van der Waals surface area contributed by atoms with E-state index in [2.05, 4.69) is 20.2 Å². The van der Waals surface area contributed by atoms with Crippen molar-refractivity contribution in [2.24, 2.45) is 0 Å². The van der Waals surface area contributed by atoms with E-state index in [0.29, 0.717) is 30.1 Å². The maximum absolute atomic E-state index is 12.3. The van der Waals surface area contributed by atoms with Gasteiger partial charge in [0.15, 0.2) is 0 Å². The molecule has 0 aromatic carbocycles. The largest absolute Gasteiger partial charge is 0.336 e. The molecule has 2 N–H and O–H groups in total. The Hall–Kier alpha value is -1.22. The Morgan fingerprint density at radius 3 is 3.00 bits per heavy atom. The molecule has 0 radical (unpaired) electrons. The Balaban J connectivity index is 0.00000192. The van der Waals surface area contributed by atoms with Crippen LogP contribution in [0.25, 0.3) is 11.1 Å². The Kier molecular flexibility index (Phi) is 5.96. The van der Waals surface area contributed by atoms with Gasteiger partial charge in [-0.05, 0) is 38.3 Å². The Morgan fingerprint density at radius 1 is 1.48 bits per heavy atom. The molecule has 3 rings (SSSR count). The summed E-state index contributed by atoms with van der Waals surface area (Å²) in [5, 5.41) is 7.90. The number of pyridine rings is 1. The average molecular weight is 361 g/mol. The first-order valence-corrected chi connectivity index (χ1v) is 9.06.